The summed E-state index contributed by atoms with van der Waals surface area (Å²) < 4.78 is 0.649. The van der Waals surface area contributed by atoms with Crippen LogP contribution in [0.25, 0.3) is 0 Å². The monoisotopic (exact) mass is 278 g/mol. The molecule has 0 aliphatic rings. The van der Waals surface area contributed by atoms with Gasteiger partial charge in [-0.15, -0.1) is 11.3 Å². The number of nitrogens with zero attached hydrogens (tertiary/aromatic N) is 1. The van der Waals surface area contributed by atoms with Crippen LogP contribution < -0.4 is 5.48 Å². The van der Waals surface area contributed by atoms with Gasteiger partial charge in [0.1, 0.15) is 0 Å². The van der Waals surface area contributed by atoms with Crippen molar-refractivity contribution in [3.8, 4) is 0 Å². The third-order valence-corrected chi connectivity index (χ3v) is 2.94. The second-order valence-corrected chi connectivity index (χ2v) is 4.95. The Morgan fingerprint density at radius 2 is 2.29 bits per heavy atom. The molecule has 2 N–H and O–H groups in total. The number of hydroxylamine groups is 1. The number of carboxylic acid groups (broad SMARTS) is 1. The highest BCUT2D eigenvalue weighted by Gasteiger charge is 2.10. The number of carboxylic acids is 1. The zero-order valence-electron chi connectivity index (χ0n) is 8.97. The van der Waals surface area contributed by atoms with Gasteiger partial charge in [-0.25, -0.2) is 15.1 Å². The van der Waals surface area contributed by atoms with Gasteiger partial charge in [0.25, 0.3) is 0 Å². The Balaban J connectivity index is 2.34. The fourth-order valence-electron chi connectivity index (χ4n) is 0.980. The molecule has 1 heterocycles. The number of urea groups is 1. The third kappa shape index (κ3) is 5.03. The van der Waals surface area contributed by atoms with Gasteiger partial charge >= 0.3 is 12.0 Å². The molecular formula is C9H11ClN2O4S. The highest BCUT2D eigenvalue weighted by atomic mass is 35.5. The maximum atomic E-state index is 11.4. The largest absolute Gasteiger partial charge is 0.479 e. The van der Waals surface area contributed by atoms with Crippen LogP contribution in [0.3, 0.4) is 0 Å². The quantitative estimate of drug-likeness (QED) is 0.801. The molecule has 1 rings (SSSR count). The molecule has 0 aromatic carbocycles. The molecule has 0 bridgehead atoms. The van der Waals surface area contributed by atoms with Gasteiger partial charge in [0, 0.05) is 11.9 Å². The van der Waals surface area contributed by atoms with Gasteiger partial charge in [0.05, 0.1) is 10.9 Å². The van der Waals surface area contributed by atoms with E-state index in [2.05, 4.69) is 4.84 Å². The number of thiophene rings is 1. The number of rotatable bonds is 5. The first-order valence-corrected chi connectivity index (χ1v) is 5.77. The van der Waals surface area contributed by atoms with Crippen molar-refractivity contribution in [3.05, 3.63) is 21.3 Å². The summed E-state index contributed by atoms with van der Waals surface area (Å²) in [6.07, 6.45) is 0. The molecule has 17 heavy (non-hydrogen) atoms. The van der Waals surface area contributed by atoms with E-state index in [1.165, 1.54) is 16.2 Å². The summed E-state index contributed by atoms with van der Waals surface area (Å²) in [5.74, 6) is -1.15. The van der Waals surface area contributed by atoms with E-state index < -0.39 is 18.6 Å². The predicted octanol–water partition coefficient (Wildman–Crippen LogP) is 1.56. The van der Waals surface area contributed by atoms with E-state index in [4.69, 9.17) is 16.7 Å². The van der Waals surface area contributed by atoms with E-state index in [1.54, 1.807) is 13.1 Å². The molecule has 0 aliphatic carbocycles. The molecule has 0 unspecified atom stereocenters. The fraction of sp³-hybridized carbons (Fsp3) is 0.333. The standard InChI is InChI=1S/C9H11ClN2O4S/c1-12(4-6-2-3-7(10)17-6)9(15)11-16-5-8(13)14/h2-3H,4-5H2,1H3,(H,11,15)(H,13,14). The normalized spacial score (nSPS) is 10.0. The number of carbonyl (C=O) groups is 2. The van der Waals surface area contributed by atoms with Gasteiger partial charge < -0.3 is 10.0 Å². The van der Waals surface area contributed by atoms with E-state index in [-0.39, 0.29) is 0 Å². The number of nitrogens with one attached hydrogen (secondary N) is 1. The Morgan fingerprint density at radius 1 is 1.59 bits per heavy atom. The molecule has 1 aromatic heterocycles. The minimum atomic E-state index is -1.15. The molecule has 8 heteroatoms. The van der Waals surface area contributed by atoms with E-state index in [9.17, 15) is 9.59 Å². The van der Waals surface area contributed by atoms with E-state index in [0.29, 0.717) is 10.9 Å². The van der Waals surface area contributed by atoms with Gasteiger partial charge in [0.15, 0.2) is 6.61 Å². The lowest BCUT2D eigenvalue weighted by molar-refractivity contribution is -0.144. The number of hydrogen-bond donors (Lipinski definition) is 2. The summed E-state index contributed by atoms with van der Waals surface area (Å²) in [6, 6.07) is 3.04. The molecule has 0 atom stereocenters. The van der Waals surface area contributed by atoms with Gasteiger partial charge in [-0.3, -0.25) is 4.84 Å². The van der Waals surface area contributed by atoms with Gasteiger partial charge in [-0.2, -0.15) is 0 Å². The van der Waals surface area contributed by atoms with Crippen LogP contribution in [0.2, 0.25) is 4.34 Å². The minimum Gasteiger partial charge on any atom is -0.479 e. The van der Waals surface area contributed by atoms with Crippen molar-refractivity contribution < 1.29 is 19.5 Å². The maximum Gasteiger partial charge on any atom is 0.341 e. The lowest BCUT2D eigenvalue weighted by Gasteiger charge is -2.16. The summed E-state index contributed by atoms with van der Waals surface area (Å²) in [6.45, 7) is -0.204. The van der Waals surface area contributed by atoms with Crippen molar-refractivity contribution in [2.75, 3.05) is 13.7 Å². The third-order valence-electron chi connectivity index (χ3n) is 1.72. The summed E-state index contributed by atoms with van der Waals surface area (Å²) in [7, 11) is 1.56. The predicted molar refractivity (Wildman–Crippen MR) is 62.9 cm³/mol. The minimum absolute atomic E-state index is 0.375. The Hall–Kier alpha value is -1.31. The Morgan fingerprint density at radius 3 is 2.82 bits per heavy atom. The van der Waals surface area contributed by atoms with E-state index >= 15 is 0 Å². The first-order valence-electron chi connectivity index (χ1n) is 4.58. The fourth-order valence-corrected chi connectivity index (χ4v) is 2.12. The smallest absolute Gasteiger partial charge is 0.341 e. The van der Waals surface area contributed by atoms with Crippen molar-refractivity contribution in [3.63, 3.8) is 0 Å². The average molecular weight is 279 g/mol. The zero-order valence-corrected chi connectivity index (χ0v) is 10.5. The number of hydrogen-bond acceptors (Lipinski definition) is 4. The van der Waals surface area contributed by atoms with Crippen LogP contribution in [-0.4, -0.2) is 35.7 Å². The van der Waals surface area contributed by atoms with Gasteiger partial charge in [0.2, 0.25) is 0 Å². The summed E-state index contributed by atoms with van der Waals surface area (Å²) in [5, 5.41) is 8.30. The molecule has 0 aliphatic heterocycles. The van der Waals surface area contributed by atoms with Crippen LogP contribution in [0.5, 0.6) is 0 Å². The summed E-state index contributed by atoms with van der Waals surface area (Å²) in [5.41, 5.74) is 2.02. The second kappa shape index (κ2) is 6.43. The first kappa shape index (κ1) is 13.8. The molecule has 94 valence electrons. The van der Waals surface area contributed by atoms with Crippen LogP contribution in [0.1, 0.15) is 4.88 Å². The van der Waals surface area contributed by atoms with Crippen LogP contribution in [0, 0.1) is 0 Å². The summed E-state index contributed by atoms with van der Waals surface area (Å²) in [4.78, 5) is 28.3. The Bertz CT molecular complexity index is 409. The van der Waals surface area contributed by atoms with E-state index in [1.807, 2.05) is 11.5 Å². The molecule has 0 fully saturated rings. The number of aliphatic carboxylic acids is 1. The number of carbonyl (C=O) groups excluding carboxylic acids is 1. The molecular weight excluding hydrogens is 268 g/mol. The molecule has 0 spiro atoms. The van der Waals surface area contributed by atoms with Crippen LogP contribution in [0.15, 0.2) is 12.1 Å². The van der Waals surface area contributed by atoms with Crippen molar-refractivity contribution in [1.82, 2.24) is 10.4 Å². The molecule has 0 saturated carbocycles. The second-order valence-electron chi connectivity index (χ2n) is 3.15. The van der Waals surface area contributed by atoms with Gasteiger partial charge in [-0.1, -0.05) is 11.6 Å². The lowest BCUT2D eigenvalue weighted by Crippen LogP contribution is -2.37. The Labute approximate surface area is 107 Å². The molecule has 6 nitrogen and oxygen atoms in total. The number of amides is 2. The van der Waals surface area contributed by atoms with E-state index in [0.717, 1.165) is 4.88 Å². The summed E-state index contributed by atoms with van der Waals surface area (Å²) >= 11 is 7.12. The first-order chi connectivity index (χ1) is 7.99. The topological polar surface area (TPSA) is 78.9 Å². The highest BCUT2D eigenvalue weighted by Crippen LogP contribution is 2.22. The van der Waals surface area contributed by atoms with Crippen LogP contribution in [0.4, 0.5) is 4.79 Å². The van der Waals surface area contributed by atoms with Crippen molar-refractivity contribution >= 4 is 34.9 Å². The molecule has 0 radical (unpaired) electrons. The van der Waals surface area contributed by atoms with Crippen LogP contribution >= 0.6 is 22.9 Å². The Kier molecular flexibility index (Phi) is 5.20. The molecule has 0 saturated heterocycles. The van der Waals surface area contributed by atoms with Crippen molar-refractivity contribution in [2.24, 2.45) is 0 Å². The molecule has 1 aromatic rings. The van der Waals surface area contributed by atoms with Gasteiger partial charge in [-0.05, 0) is 12.1 Å². The SMILES string of the molecule is CN(Cc1ccc(Cl)s1)C(=O)NOCC(=O)O. The lowest BCUT2D eigenvalue weighted by atomic mass is 10.4. The van der Waals surface area contributed by atoms with Crippen LogP contribution in [-0.2, 0) is 16.2 Å². The van der Waals surface area contributed by atoms with Crippen molar-refractivity contribution in [2.45, 2.75) is 6.54 Å². The van der Waals surface area contributed by atoms with Crippen molar-refractivity contribution in [1.29, 1.82) is 0 Å². The number of halogens is 1. The zero-order chi connectivity index (χ0) is 12.8. The highest BCUT2D eigenvalue weighted by molar-refractivity contribution is 7.16. The average Bonchev–Trinajstić information content (AvgIpc) is 2.63. The maximum absolute atomic E-state index is 11.4. The molecule has 2 amide bonds.